The number of carbonyl (C=O) groups is 3. The van der Waals surface area contributed by atoms with Crippen molar-refractivity contribution in [2.24, 2.45) is 11.3 Å². The Morgan fingerprint density at radius 2 is 1.49 bits per heavy atom. The van der Waals surface area contributed by atoms with Crippen LogP contribution >= 0.6 is 0 Å². The Hall–Kier alpha value is -4.41. The Labute approximate surface area is 312 Å². The molecule has 10 heteroatoms. The molecule has 9 rings (SSSR count). The molecular formula is C43H51N5O5. The second-order valence-electron chi connectivity index (χ2n) is 16.3. The lowest BCUT2D eigenvalue weighted by Crippen LogP contribution is -2.52. The van der Waals surface area contributed by atoms with Crippen molar-refractivity contribution in [3.05, 3.63) is 88.5 Å². The number of piperazine rings is 1. The highest BCUT2D eigenvalue weighted by atomic mass is 16.5. The number of piperidine rings is 2. The molecule has 5 heterocycles. The predicted molar refractivity (Wildman–Crippen MR) is 203 cm³/mol. The summed E-state index contributed by atoms with van der Waals surface area (Å²) in [5.74, 6) is 0.641. The zero-order valence-electron chi connectivity index (χ0n) is 30.6. The minimum Gasteiger partial charge on any atom is -0.508 e. The quantitative estimate of drug-likeness (QED) is 0.341. The molecule has 0 aromatic heterocycles. The summed E-state index contributed by atoms with van der Waals surface area (Å²) < 4.78 is 5.83. The monoisotopic (exact) mass is 717 g/mol. The summed E-state index contributed by atoms with van der Waals surface area (Å²) >= 11 is 0. The van der Waals surface area contributed by atoms with Gasteiger partial charge in [0.2, 0.25) is 11.8 Å². The van der Waals surface area contributed by atoms with Crippen LogP contribution < -0.4 is 15.1 Å². The molecule has 278 valence electrons. The molecule has 3 aromatic carbocycles. The molecule has 4 saturated heterocycles. The Balaban J connectivity index is 0.776. The van der Waals surface area contributed by atoms with E-state index in [0.717, 1.165) is 96.0 Å². The maximum absolute atomic E-state index is 13.1. The molecule has 0 saturated carbocycles. The fraction of sp³-hybridized carbons (Fsp3) is 0.512. The van der Waals surface area contributed by atoms with Gasteiger partial charge in [-0.1, -0.05) is 18.2 Å². The highest BCUT2D eigenvalue weighted by Gasteiger charge is 2.45. The Bertz CT molecular complexity index is 1870. The molecule has 1 unspecified atom stereocenters. The number of phenolic OH excluding ortho intramolecular Hbond substituents is 1. The number of amides is 3. The predicted octanol–water partition coefficient (Wildman–Crippen LogP) is 5.07. The largest absolute Gasteiger partial charge is 0.508 e. The molecular weight excluding hydrogens is 667 g/mol. The van der Waals surface area contributed by atoms with Crippen LogP contribution in [0.5, 0.6) is 5.75 Å². The molecule has 1 spiro atoms. The van der Waals surface area contributed by atoms with E-state index >= 15 is 0 Å². The average molecular weight is 718 g/mol. The minimum atomic E-state index is -0.584. The lowest BCUT2D eigenvalue weighted by atomic mass is 9.58. The fourth-order valence-electron chi connectivity index (χ4n) is 10.4. The van der Waals surface area contributed by atoms with Gasteiger partial charge in [0.1, 0.15) is 11.8 Å². The summed E-state index contributed by atoms with van der Waals surface area (Å²) in [6.07, 6.45) is 7.39. The summed E-state index contributed by atoms with van der Waals surface area (Å²) in [6.45, 7) is 9.34. The molecule has 2 N–H and O–H groups in total. The number of rotatable bonds is 6. The van der Waals surface area contributed by atoms with Crippen LogP contribution in [0.3, 0.4) is 0 Å². The number of ether oxygens (including phenoxy) is 1. The van der Waals surface area contributed by atoms with Gasteiger partial charge in [-0.15, -0.1) is 0 Å². The van der Waals surface area contributed by atoms with E-state index in [1.165, 1.54) is 35.2 Å². The van der Waals surface area contributed by atoms with E-state index in [-0.39, 0.29) is 29.6 Å². The van der Waals surface area contributed by atoms with Crippen LogP contribution in [0.15, 0.2) is 60.7 Å². The number of hydrogen-bond donors (Lipinski definition) is 2. The van der Waals surface area contributed by atoms with Crippen LogP contribution in [0, 0.1) is 11.3 Å². The van der Waals surface area contributed by atoms with Crippen molar-refractivity contribution in [2.45, 2.75) is 69.9 Å². The van der Waals surface area contributed by atoms with E-state index in [4.69, 9.17) is 4.74 Å². The molecule has 1 aliphatic carbocycles. The smallest absolute Gasteiger partial charge is 0.255 e. The van der Waals surface area contributed by atoms with Crippen molar-refractivity contribution in [3.8, 4) is 5.75 Å². The van der Waals surface area contributed by atoms with Crippen LogP contribution in [0.1, 0.15) is 83.5 Å². The van der Waals surface area contributed by atoms with Gasteiger partial charge in [0.05, 0.1) is 0 Å². The van der Waals surface area contributed by atoms with Gasteiger partial charge in [0, 0.05) is 94.8 Å². The molecule has 5 aliphatic heterocycles. The first-order valence-corrected chi connectivity index (χ1v) is 19.8. The number of nitrogens with one attached hydrogen (secondary N) is 1. The third-order valence-corrected chi connectivity index (χ3v) is 13.4. The number of carbonyl (C=O) groups excluding carboxylic acids is 3. The van der Waals surface area contributed by atoms with Gasteiger partial charge in [-0.2, -0.15) is 0 Å². The second-order valence-corrected chi connectivity index (χ2v) is 16.3. The molecule has 10 nitrogen and oxygen atoms in total. The lowest BCUT2D eigenvalue weighted by molar-refractivity contribution is -0.136. The topological polar surface area (TPSA) is 106 Å². The SMILES string of the molecule is O=C1CCC(N2Cc3cc(N4CCN(CC5CCN(c6ccc([C@H]7c8ccc(O)cc8CCC78CCOCC8)cc6)CC5)CC4)ccc3C2=O)C(=O)N1. The maximum atomic E-state index is 13.1. The van der Waals surface area contributed by atoms with Crippen LogP contribution in [0.25, 0.3) is 0 Å². The van der Waals surface area contributed by atoms with Crippen LogP contribution in [0.2, 0.25) is 0 Å². The molecule has 53 heavy (non-hydrogen) atoms. The van der Waals surface area contributed by atoms with Crippen LogP contribution in [-0.4, -0.2) is 97.7 Å². The molecule has 4 fully saturated rings. The zero-order valence-corrected chi connectivity index (χ0v) is 30.6. The molecule has 0 bridgehead atoms. The number of nitrogens with zero attached hydrogens (tertiary/aromatic N) is 4. The summed E-state index contributed by atoms with van der Waals surface area (Å²) in [4.78, 5) is 46.5. The van der Waals surface area contributed by atoms with E-state index in [0.29, 0.717) is 36.1 Å². The Morgan fingerprint density at radius 3 is 2.25 bits per heavy atom. The number of hydrogen-bond acceptors (Lipinski definition) is 8. The normalized spacial score (nSPS) is 25.1. The molecule has 3 aromatic rings. The number of imide groups is 1. The average Bonchev–Trinajstić information content (AvgIpc) is 3.51. The second kappa shape index (κ2) is 14.1. The number of benzene rings is 3. The van der Waals surface area contributed by atoms with Crippen molar-refractivity contribution in [1.82, 2.24) is 15.1 Å². The van der Waals surface area contributed by atoms with Crippen molar-refractivity contribution < 1.29 is 24.2 Å². The summed E-state index contributed by atoms with van der Waals surface area (Å²) in [5.41, 5.74) is 8.36. The van der Waals surface area contributed by atoms with Gasteiger partial charge < -0.3 is 24.5 Å². The first kappa shape index (κ1) is 34.4. The molecule has 6 aliphatic rings. The van der Waals surface area contributed by atoms with E-state index in [1.807, 2.05) is 24.3 Å². The fourth-order valence-corrected chi connectivity index (χ4v) is 10.4. The van der Waals surface area contributed by atoms with Crippen molar-refractivity contribution in [1.29, 1.82) is 0 Å². The van der Waals surface area contributed by atoms with Gasteiger partial charge >= 0.3 is 0 Å². The summed E-state index contributed by atoms with van der Waals surface area (Å²) in [6, 6.07) is 20.9. The molecule has 0 radical (unpaired) electrons. The first-order valence-electron chi connectivity index (χ1n) is 19.8. The van der Waals surface area contributed by atoms with E-state index in [1.54, 1.807) is 4.90 Å². The van der Waals surface area contributed by atoms with E-state index in [2.05, 4.69) is 56.4 Å². The third kappa shape index (κ3) is 6.58. The van der Waals surface area contributed by atoms with Gasteiger partial charge in [-0.3, -0.25) is 24.6 Å². The van der Waals surface area contributed by atoms with Crippen molar-refractivity contribution >= 4 is 29.1 Å². The Morgan fingerprint density at radius 1 is 0.755 bits per heavy atom. The highest BCUT2D eigenvalue weighted by molar-refractivity contribution is 6.05. The first-order chi connectivity index (χ1) is 25.8. The van der Waals surface area contributed by atoms with Gasteiger partial charge in [0.25, 0.3) is 5.91 Å². The third-order valence-electron chi connectivity index (χ3n) is 13.4. The Kier molecular flexibility index (Phi) is 9.14. The standard InChI is InChI=1S/C43H51N5O5/c49-35-6-8-36-31(26-35)11-14-43(15-23-53-24-16-43)40(36)30-1-3-33(4-2-30)46-17-12-29(13-18-46)27-45-19-21-47(22-20-45)34-5-7-37-32(25-34)28-48(42(37)52)38-9-10-39(50)44-41(38)51/h1-8,25-26,29,38,40,49H,9-24,27-28H2,(H,44,50,51)/t38?,40-/m0/s1. The number of anilines is 2. The van der Waals surface area contributed by atoms with Crippen LogP contribution in [-0.2, 0) is 27.3 Å². The van der Waals surface area contributed by atoms with Crippen molar-refractivity contribution in [3.63, 3.8) is 0 Å². The highest BCUT2D eigenvalue weighted by Crippen LogP contribution is 2.55. The molecule has 3 amide bonds. The van der Waals surface area contributed by atoms with Crippen LogP contribution in [0.4, 0.5) is 11.4 Å². The summed E-state index contributed by atoms with van der Waals surface area (Å²) in [7, 11) is 0. The van der Waals surface area contributed by atoms with Gasteiger partial charge in [-0.05, 0) is 121 Å². The number of aromatic hydroxyl groups is 1. The number of phenols is 1. The number of fused-ring (bicyclic) bond motifs is 2. The lowest BCUT2D eigenvalue weighted by Gasteiger charge is -2.48. The zero-order chi connectivity index (χ0) is 36.1. The number of aryl methyl sites for hydroxylation is 1. The maximum Gasteiger partial charge on any atom is 0.255 e. The van der Waals surface area contributed by atoms with E-state index in [9.17, 15) is 19.5 Å². The van der Waals surface area contributed by atoms with Gasteiger partial charge in [0.15, 0.2) is 0 Å². The minimum absolute atomic E-state index is 0.120. The summed E-state index contributed by atoms with van der Waals surface area (Å²) in [5, 5.41) is 12.6. The van der Waals surface area contributed by atoms with Gasteiger partial charge in [-0.25, -0.2) is 0 Å². The van der Waals surface area contributed by atoms with Crippen molar-refractivity contribution in [2.75, 3.05) is 68.8 Å². The van der Waals surface area contributed by atoms with E-state index < -0.39 is 6.04 Å². The molecule has 2 atom stereocenters.